The molecule has 140 valence electrons. The van der Waals surface area contributed by atoms with Crippen molar-refractivity contribution in [3.63, 3.8) is 0 Å². The Morgan fingerprint density at radius 2 is 2.04 bits per heavy atom. The van der Waals surface area contributed by atoms with E-state index in [-0.39, 0.29) is 0 Å². The summed E-state index contributed by atoms with van der Waals surface area (Å²) >= 11 is 1.80. The van der Waals surface area contributed by atoms with E-state index in [2.05, 4.69) is 69.8 Å². The quantitative estimate of drug-likeness (QED) is 0.499. The Morgan fingerprint density at radius 3 is 2.93 bits per heavy atom. The molecular formula is C23H21N3OS. The molecule has 1 aliphatic rings. The number of benzene rings is 2. The molecule has 5 heteroatoms. The van der Waals surface area contributed by atoms with Crippen molar-refractivity contribution in [1.29, 1.82) is 0 Å². The highest BCUT2D eigenvalue weighted by Crippen LogP contribution is 2.36. The fraction of sp³-hybridized carbons (Fsp3) is 0.217. The molecule has 4 nitrogen and oxygen atoms in total. The first kappa shape index (κ1) is 17.3. The lowest BCUT2D eigenvalue weighted by molar-refractivity contribution is 0.295. The minimum absolute atomic E-state index is 0.378. The normalized spacial score (nSPS) is 16.9. The maximum Gasteiger partial charge on any atom is 0.232 e. The van der Waals surface area contributed by atoms with Crippen LogP contribution in [0.25, 0.3) is 21.3 Å². The number of ether oxygens (including phenoxy) is 1. The average Bonchev–Trinajstić information content (AvgIpc) is 3.20. The number of hydrogen-bond donors (Lipinski definition) is 0. The van der Waals surface area contributed by atoms with Crippen molar-refractivity contribution in [3.8, 4) is 17.1 Å². The molecule has 0 bridgehead atoms. The maximum absolute atomic E-state index is 5.23. The second kappa shape index (κ2) is 7.00. The third-order valence-corrected chi connectivity index (χ3v) is 6.35. The molecule has 5 rings (SSSR count). The summed E-state index contributed by atoms with van der Waals surface area (Å²) in [5.74, 6) is 0.915. The zero-order chi connectivity index (χ0) is 19.1. The minimum atomic E-state index is 0.378. The fourth-order valence-electron chi connectivity index (χ4n) is 4.08. The van der Waals surface area contributed by atoms with Gasteiger partial charge in [-0.2, -0.15) is 0 Å². The fourth-order valence-corrected chi connectivity index (χ4v) is 4.85. The summed E-state index contributed by atoms with van der Waals surface area (Å²) < 4.78 is 6.58. The summed E-state index contributed by atoms with van der Waals surface area (Å²) in [6, 6.07) is 15.8. The van der Waals surface area contributed by atoms with Crippen LogP contribution in [0.2, 0.25) is 0 Å². The van der Waals surface area contributed by atoms with Crippen LogP contribution in [0.4, 0.5) is 0 Å². The van der Waals surface area contributed by atoms with Crippen LogP contribution in [0.15, 0.2) is 60.2 Å². The van der Waals surface area contributed by atoms with Crippen molar-refractivity contribution < 1.29 is 4.74 Å². The Bertz CT molecular complexity index is 1150. The van der Waals surface area contributed by atoms with Gasteiger partial charge < -0.3 is 9.64 Å². The van der Waals surface area contributed by atoms with Gasteiger partial charge in [0.25, 0.3) is 0 Å². The van der Waals surface area contributed by atoms with E-state index >= 15 is 0 Å². The van der Waals surface area contributed by atoms with Crippen molar-refractivity contribution in [2.75, 3.05) is 20.7 Å². The van der Waals surface area contributed by atoms with Gasteiger partial charge in [0.2, 0.25) is 5.88 Å². The minimum Gasteiger partial charge on any atom is -0.480 e. The van der Waals surface area contributed by atoms with Crippen LogP contribution in [0, 0.1) is 0 Å². The third-order valence-electron chi connectivity index (χ3n) is 5.45. The molecule has 2 aromatic heterocycles. The molecule has 0 N–H and O–H groups in total. The van der Waals surface area contributed by atoms with Crippen LogP contribution in [-0.2, 0) is 6.54 Å². The van der Waals surface area contributed by atoms with Gasteiger partial charge in [-0.05, 0) is 58.8 Å². The van der Waals surface area contributed by atoms with Gasteiger partial charge in [-0.3, -0.25) is 4.98 Å². The zero-order valence-corrected chi connectivity index (χ0v) is 16.7. The number of fused-ring (bicyclic) bond motifs is 2. The lowest BCUT2D eigenvalue weighted by Crippen LogP contribution is -2.31. The van der Waals surface area contributed by atoms with E-state index in [0.717, 1.165) is 24.3 Å². The standard InChI is InChI=1S/C23H21N3OS/c1-26-13-18-10-16(21-11-24-12-23(25-21)27-2)3-5-19(18)20(14-26)15-4-6-22-17(9-15)7-8-28-22/h3-12,20H,13-14H2,1-2H3. The van der Waals surface area contributed by atoms with Gasteiger partial charge in [-0.15, -0.1) is 11.3 Å². The van der Waals surface area contributed by atoms with E-state index < -0.39 is 0 Å². The number of hydrogen-bond acceptors (Lipinski definition) is 5. The van der Waals surface area contributed by atoms with Gasteiger partial charge in [0.1, 0.15) is 0 Å². The molecule has 1 unspecified atom stereocenters. The number of nitrogens with zero attached hydrogens (tertiary/aromatic N) is 3. The van der Waals surface area contributed by atoms with Crippen molar-refractivity contribution in [3.05, 3.63) is 76.9 Å². The monoisotopic (exact) mass is 387 g/mol. The highest BCUT2D eigenvalue weighted by atomic mass is 32.1. The topological polar surface area (TPSA) is 38.2 Å². The molecule has 0 saturated heterocycles. The number of likely N-dealkylation sites (N-methyl/N-ethyl adjacent to an activating group) is 1. The highest BCUT2D eigenvalue weighted by molar-refractivity contribution is 7.17. The summed E-state index contributed by atoms with van der Waals surface area (Å²) in [7, 11) is 3.81. The van der Waals surface area contributed by atoms with Crippen molar-refractivity contribution in [2.45, 2.75) is 12.5 Å². The van der Waals surface area contributed by atoms with Crippen LogP contribution < -0.4 is 4.74 Å². The molecule has 1 atom stereocenters. The third kappa shape index (κ3) is 3.07. The molecule has 28 heavy (non-hydrogen) atoms. The van der Waals surface area contributed by atoms with Crippen LogP contribution in [0.1, 0.15) is 22.6 Å². The number of thiophene rings is 1. The van der Waals surface area contributed by atoms with E-state index in [9.17, 15) is 0 Å². The van der Waals surface area contributed by atoms with Gasteiger partial charge in [-0.25, -0.2) is 4.98 Å². The number of aromatic nitrogens is 2. The molecule has 0 spiro atoms. The van der Waals surface area contributed by atoms with Crippen LogP contribution in [0.5, 0.6) is 5.88 Å². The van der Waals surface area contributed by atoms with E-state index in [1.165, 1.54) is 26.8 Å². The van der Waals surface area contributed by atoms with Gasteiger partial charge in [0.15, 0.2) is 0 Å². The Labute approximate surface area is 168 Å². The Balaban J connectivity index is 1.57. The van der Waals surface area contributed by atoms with Crippen molar-refractivity contribution in [2.24, 2.45) is 0 Å². The summed E-state index contributed by atoms with van der Waals surface area (Å²) in [6.45, 7) is 1.97. The lowest BCUT2D eigenvalue weighted by atomic mass is 9.83. The molecule has 0 saturated carbocycles. The highest BCUT2D eigenvalue weighted by Gasteiger charge is 2.25. The summed E-state index contributed by atoms with van der Waals surface area (Å²) in [4.78, 5) is 11.2. The van der Waals surface area contributed by atoms with Crippen molar-refractivity contribution >= 4 is 21.4 Å². The smallest absolute Gasteiger partial charge is 0.232 e. The van der Waals surface area contributed by atoms with E-state index in [1.54, 1.807) is 30.8 Å². The molecule has 4 aromatic rings. The first-order valence-corrected chi connectivity index (χ1v) is 10.2. The molecule has 3 heterocycles. The molecular weight excluding hydrogens is 366 g/mol. The van der Waals surface area contributed by atoms with Gasteiger partial charge in [0.05, 0.1) is 25.2 Å². The number of methoxy groups -OCH3 is 1. The van der Waals surface area contributed by atoms with Gasteiger partial charge >= 0.3 is 0 Å². The summed E-state index contributed by atoms with van der Waals surface area (Å²) in [6.07, 6.45) is 3.42. The van der Waals surface area contributed by atoms with Gasteiger partial charge in [-0.1, -0.05) is 18.2 Å². The molecule has 0 aliphatic carbocycles. The molecule has 1 aliphatic heterocycles. The van der Waals surface area contributed by atoms with Crippen LogP contribution in [-0.4, -0.2) is 35.6 Å². The second-order valence-electron chi connectivity index (χ2n) is 7.33. The lowest BCUT2D eigenvalue weighted by Gasteiger charge is -2.33. The zero-order valence-electron chi connectivity index (χ0n) is 15.9. The Kier molecular flexibility index (Phi) is 4.34. The Hall–Kier alpha value is -2.76. The molecule has 0 amide bonds. The van der Waals surface area contributed by atoms with Gasteiger partial charge in [0, 0.05) is 29.3 Å². The second-order valence-corrected chi connectivity index (χ2v) is 8.28. The van der Waals surface area contributed by atoms with Crippen molar-refractivity contribution in [1.82, 2.24) is 14.9 Å². The molecule has 0 radical (unpaired) electrons. The number of rotatable bonds is 3. The van der Waals surface area contributed by atoms with E-state index in [4.69, 9.17) is 4.74 Å². The predicted octanol–water partition coefficient (Wildman–Crippen LogP) is 4.94. The SMILES string of the molecule is COc1cncc(-c2ccc3c(c2)CN(C)CC3c2ccc3sccc3c2)n1. The average molecular weight is 388 g/mol. The summed E-state index contributed by atoms with van der Waals surface area (Å²) in [5, 5.41) is 3.50. The largest absolute Gasteiger partial charge is 0.480 e. The predicted molar refractivity (Wildman–Crippen MR) is 114 cm³/mol. The van der Waals surface area contributed by atoms with E-state index in [0.29, 0.717) is 11.8 Å². The van der Waals surface area contributed by atoms with Crippen LogP contribution in [0.3, 0.4) is 0 Å². The molecule has 2 aromatic carbocycles. The first-order chi connectivity index (χ1) is 13.7. The molecule has 0 fully saturated rings. The van der Waals surface area contributed by atoms with E-state index in [1.807, 2.05) is 0 Å². The van der Waals surface area contributed by atoms with Crippen LogP contribution >= 0.6 is 11.3 Å². The Morgan fingerprint density at radius 1 is 1.11 bits per heavy atom. The maximum atomic E-state index is 5.23. The first-order valence-electron chi connectivity index (χ1n) is 9.36. The summed E-state index contributed by atoms with van der Waals surface area (Å²) in [5.41, 5.74) is 6.06.